The maximum Gasteiger partial charge on any atom is 0.153 e. The molecule has 0 bridgehead atoms. The van der Waals surface area contributed by atoms with Gasteiger partial charge in [-0.15, -0.1) is 0 Å². The van der Waals surface area contributed by atoms with Crippen LogP contribution in [0.5, 0.6) is 0 Å². The van der Waals surface area contributed by atoms with Gasteiger partial charge < -0.3 is 17.2 Å². The number of nitrogens with two attached hydrogens (primary N) is 3. The zero-order valence-electron chi connectivity index (χ0n) is 9.72. The molecular weight excluding hydrogens is 228 g/mol. The molecule has 6 heteroatoms. The summed E-state index contributed by atoms with van der Waals surface area (Å²) in [6.07, 6.45) is 1.55. The van der Waals surface area contributed by atoms with Crippen LogP contribution in [0.4, 0.5) is 5.82 Å². The number of benzene rings is 1. The molecule has 6 nitrogen and oxygen atoms in total. The lowest BCUT2D eigenvalue weighted by Crippen LogP contribution is -2.17. The highest BCUT2D eigenvalue weighted by Gasteiger charge is 2.08. The Balaban J connectivity index is 2.44. The van der Waals surface area contributed by atoms with E-state index in [1.807, 2.05) is 24.3 Å². The molecule has 0 atom stereocenters. The normalized spacial score (nSPS) is 10.3. The van der Waals surface area contributed by atoms with Gasteiger partial charge in [-0.05, 0) is 5.56 Å². The summed E-state index contributed by atoms with van der Waals surface area (Å²) in [6.45, 7) is 0.492. The molecule has 0 amide bonds. The van der Waals surface area contributed by atoms with Crippen molar-refractivity contribution in [2.75, 3.05) is 5.73 Å². The lowest BCUT2D eigenvalue weighted by atomic mass is 10.1. The van der Waals surface area contributed by atoms with Crippen LogP contribution in [0.1, 0.15) is 11.3 Å². The number of nitrogens with one attached hydrogen (secondary N) is 1. The summed E-state index contributed by atoms with van der Waals surface area (Å²) in [5, 5.41) is 7.38. The molecule has 0 unspecified atom stereocenters. The molecule has 0 saturated carbocycles. The lowest BCUT2D eigenvalue weighted by Gasteiger charge is -2.06. The van der Waals surface area contributed by atoms with Crippen LogP contribution in [0.3, 0.4) is 0 Å². The Morgan fingerprint density at radius 1 is 1.22 bits per heavy atom. The molecule has 0 radical (unpaired) electrons. The van der Waals surface area contributed by atoms with Crippen LogP contribution in [0.2, 0.25) is 0 Å². The fraction of sp³-hybridized carbons (Fsp3) is 0.0833. The van der Waals surface area contributed by atoms with E-state index < -0.39 is 0 Å². The van der Waals surface area contributed by atoms with E-state index >= 15 is 0 Å². The highest BCUT2D eigenvalue weighted by molar-refractivity contribution is 5.97. The minimum absolute atomic E-state index is 0.157. The Bertz CT molecular complexity index is 576. The molecule has 1 aromatic carbocycles. The van der Waals surface area contributed by atoms with Gasteiger partial charge in [-0.1, -0.05) is 24.3 Å². The molecule has 92 valence electrons. The van der Waals surface area contributed by atoms with Crippen LogP contribution in [0, 0.1) is 5.41 Å². The third kappa shape index (κ3) is 2.28. The van der Waals surface area contributed by atoms with E-state index in [4.69, 9.17) is 22.6 Å². The van der Waals surface area contributed by atoms with Gasteiger partial charge in [-0.25, -0.2) is 9.97 Å². The van der Waals surface area contributed by atoms with Crippen molar-refractivity contribution in [3.05, 3.63) is 41.7 Å². The largest absolute Gasteiger partial charge is 0.382 e. The molecule has 0 aliphatic rings. The number of nitrogen functional groups attached to an aromatic ring is 2. The standard InChI is InChI=1S/C12H14N6/c13-5-7-1-3-8(4-2-7)9-6-17-12(16)10(18-9)11(14)15/h1-4,6H,5,13H2,(H3,14,15)(H2,16,17). The van der Waals surface area contributed by atoms with Crippen LogP contribution in [0.25, 0.3) is 11.3 Å². The highest BCUT2D eigenvalue weighted by atomic mass is 14.9. The number of hydrogen-bond donors (Lipinski definition) is 4. The van der Waals surface area contributed by atoms with Gasteiger partial charge in [0.15, 0.2) is 5.82 Å². The van der Waals surface area contributed by atoms with Gasteiger partial charge in [-0.2, -0.15) is 0 Å². The van der Waals surface area contributed by atoms with Gasteiger partial charge in [0.2, 0.25) is 0 Å². The second kappa shape index (κ2) is 4.80. The number of nitrogens with zero attached hydrogens (tertiary/aromatic N) is 2. The van der Waals surface area contributed by atoms with Crippen LogP contribution in [-0.2, 0) is 6.54 Å². The Kier molecular flexibility index (Phi) is 3.20. The number of amidine groups is 1. The minimum Gasteiger partial charge on any atom is -0.382 e. The molecule has 0 spiro atoms. The summed E-state index contributed by atoms with van der Waals surface area (Å²) in [5.74, 6) is -0.0368. The van der Waals surface area contributed by atoms with Crippen molar-refractivity contribution in [1.82, 2.24) is 9.97 Å². The molecule has 1 heterocycles. The monoisotopic (exact) mass is 242 g/mol. The second-order valence-electron chi connectivity index (χ2n) is 3.80. The highest BCUT2D eigenvalue weighted by Crippen LogP contribution is 2.18. The van der Waals surface area contributed by atoms with Crippen molar-refractivity contribution in [1.29, 1.82) is 5.41 Å². The van der Waals surface area contributed by atoms with Crippen LogP contribution < -0.4 is 17.2 Å². The van der Waals surface area contributed by atoms with Gasteiger partial charge in [-0.3, -0.25) is 5.41 Å². The first-order valence-electron chi connectivity index (χ1n) is 5.38. The third-order valence-corrected chi connectivity index (χ3v) is 2.54. The lowest BCUT2D eigenvalue weighted by molar-refractivity contribution is 1.07. The first-order chi connectivity index (χ1) is 8.61. The fourth-order valence-electron chi connectivity index (χ4n) is 1.55. The summed E-state index contributed by atoms with van der Waals surface area (Å²) in [7, 11) is 0. The van der Waals surface area contributed by atoms with E-state index in [1.54, 1.807) is 6.20 Å². The Morgan fingerprint density at radius 3 is 2.44 bits per heavy atom. The third-order valence-electron chi connectivity index (χ3n) is 2.54. The summed E-state index contributed by atoms with van der Waals surface area (Å²) < 4.78 is 0. The summed E-state index contributed by atoms with van der Waals surface area (Å²) in [4.78, 5) is 8.22. The van der Waals surface area contributed by atoms with Crippen molar-refractivity contribution >= 4 is 11.7 Å². The molecule has 2 aromatic rings. The Hall–Kier alpha value is -2.47. The van der Waals surface area contributed by atoms with Crippen LogP contribution >= 0.6 is 0 Å². The Morgan fingerprint density at radius 2 is 1.89 bits per heavy atom. The van der Waals surface area contributed by atoms with Crippen LogP contribution in [0.15, 0.2) is 30.5 Å². The predicted molar refractivity (Wildman–Crippen MR) is 70.8 cm³/mol. The summed E-state index contributed by atoms with van der Waals surface area (Å²) >= 11 is 0. The Labute approximate surface area is 104 Å². The van der Waals surface area contributed by atoms with Gasteiger partial charge in [0.25, 0.3) is 0 Å². The zero-order chi connectivity index (χ0) is 13.1. The first-order valence-corrected chi connectivity index (χ1v) is 5.38. The number of anilines is 1. The molecule has 7 N–H and O–H groups in total. The van der Waals surface area contributed by atoms with Crippen molar-refractivity contribution in [3.63, 3.8) is 0 Å². The van der Waals surface area contributed by atoms with Crippen molar-refractivity contribution in [2.24, 2.45) is 11.5 Å². The van der Waals surface area contributed by atoms with Gasteiger partial charge in [0, 0.05) is 12.1 Å². The molecule has 0 saturated heterocycles. The van der Waals surface area contributed by atoms with Gasteiger partial charge in [0.1, 0.15) is 11.5 Å². The summed E-state index contributed by atoms with van der Waals surface area (Å²) in [5.41, 5.74) is 19.3. The van der Waals surface area contributed by atoms with E-state index in [0.29, 0.717) is 12.2 Å². The molecule has 0 fully saturated rings. The van der Waals surface area contributed by atoms with Crippen molar-refractivity contribution < 1.29 is 0 Å². The number of hydrogen-bond acceptors (Lipinski definition) is 5. The molecule has 0 aliphatic carbocycles. The first kappa shape index (κ1) is 12.0. The van der Waals surface area contributed by atoms with Crippen LogP contribution in [-0.4, -0.2) is 15.8 Å². The van der Waals surface area contributed by atoms with Crippen molar-refractivity contribution in [3.8, 4) is 11.3 Å². The van der Waals surface area contributed by atoms with Crippen molar-refractivity contribution in [2.45, 2.75) is 6.54 Å². The average molecular weight is 242 g/mol. The molecule has 18 heavy (non-hydrogen) atoms. The van der Waals surface area contributed by atoms with E-state index in [0.717, 1.165) is 11.1 Å². The summed E-state index contributed by atoms with van der Waals surface area (Å²) in [6, 6.07) is 7.63. The van der Waals surface area contributed by atoms with E-state index in [-0.39, 0.29) is 17.3 Å². The fourth-order valence-corrected chi connectivity index (χ4v) is 1.55. The number of aromatic nitrogens is 2. The average Bonchev–Trinajstić information content (AvgIpc) is 2.39. The van der Waals surface area contributed by atoms with Gasteiger partial charge in [0.05, 0.1) is 11.9 Å². The smallest absolute Gasteiger partial charge is 0.153 e. The maximum absolute atomic E-state index is 7.38. The quantitative estimate of drug-likeness (QED) is 0.459. The van der Waals surface area contributed by atoms with E-state index in [9.17, 15) is 0 Å². The SMILES string of the molecule is N=C(N)c1nc(-c2ccc(CN)cc2)cnc1N. The molecule has 1 aromatic heterocycles. The van der Waals surface area contributed by atoms with E-state index in [1.165, 1.54) is 0 Å². The van der Waals surface area contributed by atoms with Gasteiger partial charge >= 0.3 is 0 Å². The van der Waals surface area contributed by atoms with E-state index in [2.05, 4.69) is 9.97 Å². The second-order valence-corrected chi connectivity index (χ2v) is 3.80. The predicted octanol–water partition coefficient (Wildman–Crippen LogP) is 0.469. The zero-order valence-corrected chi connectivity index (χ0v) is 9.72. The molecule has 2 rings (SSSR count). The maximum atomic E-state index is 7.38. The minimum atomic E-state index is -0.194. The molecular formula is C12H14N6. The topological polar surface area (TPSA) is 128 Å². The number of rotatable bonds is 3. The molecule has 0 aliphatic heterocycles.